The molecule has 0 saturated heterocycles. The van der Waals surface area contributed by atoms with Crippen molar-refractivity contribution in [2.45, 2.75) is 77.7 Å². The third kappa shape index (κ3) is 6.14. The predicted molar refractivity (Wildman–Crippen MR) is 191 cm³/mol. The number of hydrogen-bond acceptors (Lipinski definition) is 5. The van der Waals surface area contributed by atoms with Crippen molar-refractivity contribution in [3.63, 3.8) is 0 Å². The second kappa shape index (κ2) is 12.8. The second-order valence-corrected chi connectivity index (χ2v) is 14.9. The fourth-order valence-electron chi connectivity index (χ4n) is 8.95. The Labute approximate surface area is 287 Å². The summed E-state index contributed by atoms with van der Waals surface area (Å²) in [5.74, 6) is 1.25. The number of ether oxygens (including phenoxy) is 1. The van der Waals surface area contributed by atoms with E-state index >= 15 is 0 Å². The van der Waals surface area contributed by atoms with E-state index in [9.17, 15) is 20.3 Å². The molecule has 1 saturated carbocycles. The molecule has 1 unspecified atom stereocenters. The molecule has 4 atom stereocenters. The maximum absolute atomic E-state index is 11.7. The molecule has 1 aromatic heterocycles. The highest BCUT2D eigenvalue weighted by Gasteiger charge is 2.52. The quantitative estimate of drug-likeness (QED) is 0.138. The van der Waals surface area contributed by atoms with Gasteiger partial charge in [-0.25, -0.2) is 15.0 Å². The Morgan fingerprint density at radius 3 is 2.55 bits per heavy atom. The predicted octanol–water partition coefficient (Wildman–Crippen LogP) is 8.07. The SMILES string of the molecule is CC(C)c1ccc2c(c1)CC[C@H]1[C@](C)(Cn3c(-c4cccc(OCC(=O)O)c4)nc4cc(-c5cccc([NH+]([O-])O)c5)ccc43)CCC[C@]21C. The number of nitrogens with one attached hydrogen (secondary N) is 1. The van der Waals surface area contributed by atoms with Crippen molar-refractivity contribution in [1.29, 1.82) is 0 Å². The number of carboxylic acid groups (broad SMARTS) is 1. The molecule has 8 nitrogen and oxygen atoms in total. The van der Waals surface area contributed by atoms with E-state index in [0.29, 0.717) is 17.6 Å². The van der Waals surface area contributed by atoms with Crippen molar-refractivity contribution in [2.24, 2.45) is 11.3 Å². The van der Waals surface area contributed by atoms with Crippen LogP contribution in [0.4, 0.5) is 5.69 Å². The van der Waals surface area contributed by atoms with Gasteiger partial charge in [-0.2, -0.15) is 5.23 Å². The molecule has 5 aromatic rings. The number of imidazole rings is 1. The van der Waals surface area contributed by atoms with E-state index in [1.54, 1.807) is 24.3 Å². The standard InChI is InChI=1S/C41H45N3O5/c1-26(2)27-12-15-34-30(20-27)14-17-37-40(3,18-7-19-41(34,37)4)25-43-36-16-13-29(28-8-5-10-32(21-28)44(47)48)23-35(36)42-39(43)31-9-6-11-33(22-31)49-24-38(45)46/h5-6,8-13,15-16,20-23,26,37,44,47H,7,14,17-19,24-25H2,1-4H3,(H,45,46)/t37-,40-,41+/m0/s1. The van der Waals surface area contributed by atoms with Crippen molar-refractivity contribution < 1.29 is 25.1 Å². The van der Waals surface area contributed by atoms with Crippen LogP contribution >= 0.6 is 0 Å². The van der Waals surface area contributed by atoms with Gasteiger partial charge in [-0.15, -0.1) is 0 Å². The Morgan fingerprint density at radius 2 is 1.78 bits per heavy atom. The summed E-state index contributed by atoms with van der Waals surface area (Å²) in [7, 11) is 0. The van der Waals surface area contributed by atoms with E-state index < -0.39 is 17.8 Å². The van der Waals surface area contributed by atoms with Crippen LogP contribution in [0.2, 0.25) is 0 Å². The number of aliphatic carboxylic acids is 1. The summed E-state index contributed by atoms with van der Waals surface area (Å²) >= 11 is 0. The molecule has 3 N–H and O–H groups in total. The van der Waals surface area contributed by atoms with E-state index in [1.807, 2.05) is 36.4 Å². The lowest BCUT2D eigenvalue weighted by Crippen LogP contribution is -2.99. The number of carboxylic acids is 1. The molecule has 2 aliphatic rings. The third-order valence-electron chi connectivity index (χ3n) is 11.3. The Morgan fingerprint density at radius 1 is 1.00 bits per heavy atom. The summed E-state index contributed by atoms with van der Waals surface area (Å²) in [5, 5.41) is 29.6. The molecule has 0 bridgehead atoms. The Bertz CT molecular complexity index is 2030. The number of aryl methyl sites for hydroxylation is 1. The molecule has 0 radical (unpaired) electrons. The van der Waals surface area contributed by atoms with Crippen molar-refractivity contribution in [2.75, 3.05) is 6.61 Å². The summed E-state index contributed by atoms with van der Waals surface area (Å²) in [4.78, 5) is 16.5. The average molecular weight is 660 g/mol. The van der Waals surface area contributed by atoms with Crippen LogP contribution in [0.25, 0.3) is 33.5 Å². The summed E-state index contributed by atoms with van der Waals surface area (Å²) in [5.41, 5.74) is 9.17. The molecular formula is C41H45N3O5. The molecule has 1 heterocycles. The van der Waals surface area contributed by atoms with Crippen molar-refractivity contribution in [1.82, 2.24) is 9.55 Å². The van der Waals surface area contributed by atoms with E-state index in [-0.39, 0.29) is 16.5 Å². The van der Waals surface area contributed by atoms with Crippen LogP contribution in [-0.4, -0.2) is 32.4 Å². The molecule has 4 aromatic carbocycles. The lowest BCUT2D eigenvalue weighted by atomic mass is 9.49. The van der Waals surface area contributed by atoms with Crippen LogP contribution in [0, 0.1) is 16.5 Å². The van der Waals surface area contributed by atoms with Gasteiger partial charge in [-0.05, 0) is 100 Å². The van der Waals surface area contributed by atoms with E-state index in [4.69, 9.17) is 9.72 Å². The highest BCUT2D eigenvalue weighted by Crippen LogP contribution is 2.58. The number of aromatic nitrogens is 2. The Balaban J connectivity index is 1.32. The van der Waals surface area contributed by atoms with Gasteiger partial charge in [0.05, 0.1) is 11.0 Å². The first-order valence-electron chi connectivity index (χ1n) is 17.4. The lowest BCUT2D eigenvalue weighted by Gasteiger charge is -2.56. The largest absolute Gasteiger partial charge is 0.595 e. The number of benzene rings is 4. The molecule has 0 aliphatic heterocycles. The zero-order valence-corrected chi connectivity index (χ0v) is 28.7. The fourth-order valence-corrected chi connectivity index (χ4v) is 8.95. The van der Waals surface area contributed by atoms with Crippen LogP contribution in [-0.2, 0) is 23.2 Å². The first-order chi connectivity index (χ1) is 23.4. The minimum atomic E-state index is -1.03. The van der Waals surface area contributed by atoms with Gasteiger partial charge in [0.2, 0.25) is 0 Å². The van der Waals surface area contributed by atoms with Crippen molar-refractivity contribution >= 4 is 22.7 Å². The third-order valence-corrected chi connectivity index (χ3v) is 11.3. The van der Waals surface area contributed by atoms with Gasteiger partial charge in [0.1, 0.15) is 11.6 Å². The molecule has 2 aliphatic carbocycles. The average Bonchev–Trinajstić information content (AvgIpc) is 3.44. The lowest BCUT2D eigenvalue weighted by molar-refractivity contribution is -0.991. The number of fused-ring (bicyclic) bond motifs is 4. The van der Waals surface area contributed by atoms with Crippen LogP contribution in [0.3, 0.4) is 0 Å². The van der Waals surface area contributed by atoms with E-state index in [1.165, 1.54) is 23.1 Å². The maximum atomic E-state index is 11.7. The minimum Gasteiger partial charge on any atom is -0.595 e. The molecule has 0 spiro atoms. The highest BCUT2D eigenvalue weighted by atomic mass is 16.8. The monoisotopic (exact) mass is 659 g/mol. The number of carbonyl (C=O) groups is 1. The molecule has 49 heavy (non-hydrogen) atoms. The van der Waals surface area contributed by atoms with Crippen LogP contribution in [0.1, 0.15) is 76.0 Å². The zero-order chi connectivity index (χ0) is 34.5. The first-order valence-corrected chi connectivity index (χ1v) is 17.4. The summed E-state index contributed by atoms with van der Waals surface area (Å²) < 4.78 is 7.93. The van der Waals surface area contributed by atoms with Gasteiger partial charge in [-0.1, -0.05) is 82.6 Å². The van der Waals surface area contributed by atoms with Gasteiger partial charge in [-0.3, -0.25) is 0 Å². The molecule has 254 valence electrons. The smallest absolute Gasteiger partial charge is 0.341 e. The topological polar surface area (TPSA) is 112 Å². The molecule has 1 fully saturated rings. The van der Waals surface area contributed by atoms with E-state index in [0.717, 1.165) is 65.8 Å². The number of quaternary nitrogens is 1. The minimum absolute atomic E-state index is 0.00427. The van der Waals surface area contributed by atoms with Gasteiger partial charge in [0, 0.05) is 24.2 Å². The molecule has 8 heteroatoms. The summed E-state index contributed by atoms with van der Waals surface area (Å²) in [6, 6.07) is 27.9. The molecule has 7 rings (SSSR count). The zero-order valence-electron chi connectivity index (χ0n) is 28.7. The van der Waals surface area contributed by atoms with Gasteiger partial charge < -0.3 is 19.6 Å². The number of rotatable bonds is 9. The maximum Gasteiger partial charge on any atom is 0.341 e. The molecule has 0 amide bonds. The van der Waals surface area contributed by atoms with Crippen LogP contribution in [0.5, 0.6) is 5.75 Å². The fraction of sp³-hybridized carbons (Fsp3) is 0.366. The summed E-state index contributed by atoms with van der Waals surface area (Å²) in [6.45, 7) is 9.86. The van der Waals surface area contributed by atoms with Gasteiger partial charge >= 0.3 is 5.97 Å². The highest BCUT2D eigenvalue weighted by molar-refractivity contribution is 5.86. The normalized spacial score (nSPS) is 22.5. The Kier molecular flexibility index (Phi) is 8.59. The van der Waals surface area contributed by atoms with Crippen LogP contribution in [0.15, 0.2) is 84.9 Å². The van der Waals surface area contributed by atoms with Crippen molar-refractivity contribution in [3.05, 3.63) is 107 Å². The van der Waals surface area contributed by atoms with Gasteiger partial charge in [0.15, 0.2) is 12.3 Å². The van der Waals surface area contributed by atoms with Crippen LogP contribution < -0.4 is 9.96 Å². The van der Waals surface area contributed by atoms with Crippen molar-refractivity contribution in [3.8, 4) is 28.3 Å². The first kappa shape index (κ1) is 33.0. The van der Waals surface area contributed by atoms with Gasteiger partial charge in [0.25, 0.3) is 0 Å². The second-order valence-electron chi connectivity index (χ2n) is 14.9. The number of nitrogens with zero attached hydrogens (tertiary/aromatic N) is 2. The summed E-state index contributed by atoms with van der Waals surface area (Å²) in [6.07, 6.45) is 5.69. The van der Waals surface area contributed by atoms with E-state index in [2.05, 4.69) is 56.5 Å². The Hall–Kier alpha value is -4.50. The number of hydrogen-bond donors (Lipinski definition) is 3. The molecular weight excluding hydrogens is 614 g/mol.